The van der Waals surface area contributed by atoms with Crippen LogP contribution in [0.25, 0.3) is 5.69 Å². The highest BCUT2D eigenvalue weighted by atomic mass is 35.5. The average Bonchev–Trinajstić information content (AvgIpc) is 3.02. The van der Waals surface area contributed by atoms with Crippen molar-refractivity contribution in [3.63, 3.8) is 0 Å². The number of benzene rings is 2. The molecule has 0 atom stereocenters. The third-order valence-electron chi connectivity index (χ3n) is 3.93. The zero-order chi connectivity index (χ0) is 18.7. The van der Waals surface area contributed by atoms with Crippen molar-refractivity contribution in [2.75, 3.05) is 0 Å². The monoisotopic (exact) mass is 368 g/mol. The number of aryl methyl sites for hydroxylation is 1. The summed E-state index contributed by atoms with van der Waals surface area (Å²) in [7, 11) is 0. The molecule has 0 saturated carbocycles. The SMILES string of the molecule is Cc1ccc(C(=O)NNC(=O)c2cnn(-c3ccc(Cl)cc3)c2C)cc1. The topological polar surface area (TPSA) is 76.0 Å². The molecule has 2 amide bonds. The van der Waals surface area contributed by atoms with Gasteiger partial charge in [0.05, 0.1) is 23.1 Å². The van der Waals surface area contributed by atoms with E-state index in [1.807, 2.05) is 31.2 Å². The standard InChI is InChI=1S/C19H17ClN4O2/c1-12-3-5-14(6-4-12)18(25)22-23-19(26)17-11-21-24(13(17)2)16-9-7-15(20)8-10-16/h3-11H,1-2H3,(H,22,25)(H,23,26). The van der Waals surface area contributed by atoms with Crippen LogP contribution in [-0.4, -0.2) is 21.6 Å². The van der Waals surface area contributed by atoms with Crippen LogP contribution in [0.2, 0.25) is 5.02 Å². The number of carbonyl (C=O) groups is 2. The van der Waals surface area contributed by atoms with Crippen molar-refractivity contribution < 1.29 is 9.59 Å². The van der Waals surface area contributed by atoms with E-state index in [9.17, 15) is 9.59 Å². The summed E-state index contributed by atoms with van der Waals surface area (Å²) in [6.45, 7) is 3.71. The second-order valence-electron chi connectivity index (χ2n) is 5.81. The second-order valence-corrected chi connectivity index (χ2v) is 6.24. The van der Waals surface area contributed by atoms with Gasteiger partial charge in [0.2, 0.25) is 0 Å². The molecule has 0 fully saturated rings. The van der Waals surface area contributed by atoms with Crippen LogP contribution in [-0.2, 0) is 0 Å². The summed E-state index contributed by atoms with van der Waals surface area (Å²) >= 11 is 5.89. The molecule has 0 saturated heterocycles. The minimum absolute atomic E-state index is 0.365. The first-order valence-electron chi connectivity index (χ1n) is 7.93. The number of aromatic nitrogens is 2. The molecular formula is C19H17ClN4O2. The number of halogens is 1. The van der Waals surface area contributed by atoms with Crippen molar-refractivity contribution in [1.29, 1.82) is 0 Å². The van der Waals surface area contributed by atoms with E-state index in [4.69, 9.17) is 11.6 Å². The van der Waals surface area contributed by atoms with Crippen LogP contribution >= 0.6 is 11.6 Å². The molecule has 0 aliphatic carbocycles. The number of hydrogen-bond donors (Lipinski definition) is 2. The fourth-order valence-electron chi connectivity index (χ4n) is 2.43. The Morgan fingerprint density at radius 3 is 2.19 bits per heavy atom. The van der Waals surface area contributed by atoms with Gasteiger partial charge in [-0.15, -0.1) is 0 Å². The molecular weight excluding hydrogens is 352 g/mol. The number of hydrazine groups is 1. The van der Waals surface area contributed by atoms with Crippen molar-refractivity contribution in [2.24, 2.45) is 0 Å². The van der Waals surface area contributed by atoms with Crippen LogP contribution in [0.1, 0.15) is 32.0 Å². The van der Waals surface area contributed by atoms with E-state index in [1.165, 1.54) is 6.20 Å². The quantitative estimate of drug-likeness (QED) is 0.697. The number of hydrogen-bond acceptors (Lipinski definition) is 3. The predicted octanol–water partition coefficient (Wildman–Crippen LogP) is 3.22. The van der Waals surface area contributed by atoms with Crippen molar-refractivity contribution >= 4 is 23.4 Å². The molecule has 6 nitrogen and oxygen atoms in total. The van der Waals surface area contributed by atoms with Crippen molar-refractivity contribution in [1.82, 2.24) is 20.6 Å². The fraction of sp³-hybridized carbons (Fsp3) is 0.105. The van der Waals surface area contributed by atoms with E-state index < -0.39 is 5.91 Å². The van der Waals surface area contributed by atoms with Gasteiger partial charge in [0.25, 0.3) is 11.8 Å². The molecule has 3 aromatic rings. The zero-order valence-electron chi connectivity index (χ0n) is 14.3. The Kier molecular flexibility index (Phi) is 5.04. The predicted molar refractivity (Wildman–Crippen MR) is 99.4 cm³/mol. The van der Waals surface area contributed by atoms with Crippen LogP contribution in [0, 0.1) is 13.8 Å². The first kappa shape index (κ1) is 17.7. The van der Waals surface area contributed by atoms with Crippen LogP contribution in [0.4, 0.5) is 0 Å². The molecule has 0 radical (unpaired) electrons. The molecule has 2 aromatic carbocycles. The van der Waals surface area contributed by atoms with E-state index in [0.29, 0.717) is 21.8 Å². The van der Waals surface area contributed by atoms with Gasteiger partial charge in [-0.25, -0.2) is 4.68 Å². The Labute approximate surface area is 155 Å². The normalized spacial score (nSPS) is 10.4. The summed E-state index contributed by atoms with van der Waals surface area (Å²) in [4.78, 5) is 24.4. The summed E-state index contributed by atoms with van der Waals surface area (Å²) in [6, 6.07) is 14.2. The van der Waals surface area contributed by atoms with Gasteiger partial charge >= 0.3 is 0 Å². The minimum atomic E-state index is -0.442. The highest BCUT2D eigenvalue weighted by Crippen LogP contribution is 2.16. The lowest BCUT2D eigenvalue weighted by atomic mass is 10.1. The maximum absolute atomic E-state index is 12.4. The lowest BCUT2D eigenvalue weighted by molar-refractivity contribution is 0.0846. The highest BCUT2D eigenvalue weighted by molar-refractivity contribution is 6.30. The number of carbonyl (C=O) groups excluding carboxylic acids is 2. The first-order chi connectivity index (χ1) is 12.5. The van der Waals surface area contributed by atoms with Crippen LogP contribution in [0.3, 0.4) is 0 Å². The summed E-state index contributed by atoms with van der Waals surface area (Å²) < 4.78 is 1.63. The van der Waals surface area contributed by atoms with Gasteiger partial charge in [0.15, 0.2) is 0 Å². The smallest absolute Gasteiger partial charge is 0.267 e. The van der Waals surface area contributed by atoms with Crippen LogP contribution in [0.15, 0.2) is 54.7 Å². The molecule has 0 unspecified atom stereocenters. The summed E-state index contributed by atoms with van der Waals surface area (Å²) in [6.07, 6.45) is 1.46. The van der Waals surface area contributed by atoms with Gasteiger partial charge in [-0.1, -0.05) is 29.3 Å². The Hall–Kier alpha value is -3.12. The first-order valence-corrected chi connectivity index (χ1v) is 8.31. The maximum Gasteiger partial charge on any atom is 0.273 e. The third kappa shape index (κ3) is 3.75. The maximum atomic E-state index is 12.4. The number of rotatable bonds is 3. The summed E-state index contributed by atoms with van der Waals surface area (Å²) in [5.74, 6) is -0.829. The lowest BCUT2D eigenvalue weighted by Crippen LogP contribution is -2.41. The van der Waals surface area contributed by atoms with Gasteiger partial charge in [-0.05, 0) is 50.2 Å². The number of nitrogens with one attached hydrogen (secondary N) is 2. The van der Waals surface area contributed by atoms with Gasteiger partial charge in [0.1, 0.15) is 0 Å². The molecule has 0 spiro atoms. The zero-order valence-corrected chi connectivity index (χ0v) is 15.0. The average molecular weight is 369 g/mol. The molecule has 7 heteroatoms. The van der Waals surface area contributed by atoms with Crippen molar-refractivity contribution in [3.05, 3.63) is 82.1 Å². The minimum Gasteiger partial charge on any atom is -0.267 e. The molecule has 1 heterocycles. The van der Waals surface area contributed by atoms with E-state index in [0.717, 1.165) is 11.3 Å². The third-order valence-corrected chi connectivity index (χ3v) is 4.18. The summed E-state index contributed by atoms with van der Waals surface area (Å²) in [5, 5.41) is 4.85. The van der Waals surface area contributed by atoms with E-state index in [2.05, 4.69) is 16.0 Å². The molecule has 1 aromatic heterocycles. The largest absolute Gasteiger partial charge is 0.273 e. The van der Waals surface area contributed by atoms with Gasteiger partial charge in [-0.2, -0.15) is 5.10 Å². The van der Waals surface area contributed by atoms with E-state index in [1.54, 1.807) is 35.9 Å². The van der Waals surface area contributed by atoms with Gasteiger partial charge < -0.3 is 0 Å². The van der Waals surface area contributed by atoms with Crippen molar-refractivity contribution in [2.45, 2.75) is 13.8 Å². The van der Waals surface area contributed by atoms with Crippen molar-refractivity contribution in [3.8, 4) is 5.69 Å². The Bertz CT molecular complexity index is 947. The number of amides is 2. The molecule has 0 aliphatic heterocycles. The second kappa shape index (κ2) is 7.41. The molecule has 3 rings (SSSR count). The fourth-order valence-corrected chi connectivity index (χ4v) is 2.56. The van der Waals surface area contributed by atoms with Crippen LogP contribution < -0.4 is 10.9 Å². The molecule has 132 valence electrons. The Balaban J connectivity index is 1.69. The molecule has 0 aliphatic rings. The van der Waals surface area contributed by atoms with E-state index >= 15 is 0 Å². The summed E-state index contributed by atoms with van der Waals surface area (Å²) in [5.41, 5.74) is 8.13. The molecule has 2 N–H and O–H groups in total. The van der Waals surface area contributed by atoms with E-state index in [-0.39, 0.29) is 5.91 Å². The number of nitrogens with zero attached hydrogens (tertiary/aromatic N) is 2. The van der Waals surface area contributed by atoms with Gasteiger partial charge in [-0.3, -0.25) is 20.4 Å². The molecule has 0 bridgehead atoms. The Morgan fingerprint density at radius 2 is 1.54 bits per heavy atom. The highest BCUT2D eigenvalue weighted by Gasteiger charge is 2.16. The van der Waals surface area contributed by atoms with Crippen LogP contribution in [0.5, 0.6) is 0 Å². The Morgan fingerprint density at radius 1 is 0.923 bits per heavy atom. The molecule has 26 heavy (non-hydrogen) atoms. The lowest BCUT2D eigenvalue weighted by Gasteiger charge is -2.08. The van der Waals surface area contributed by atoms with Gasteiger partial charge in [0, 0.05) is 10.6 Å².